The Labute approximate surface area is 391 Å². The van der Waals surface area contributed by atoms with Crippen LogP contribution in [0.3, 0.4) is 0 Å². The second-order valence-corrected chi connectivity index (χ2v) is 17.6. The van der Waals surface area contributed by atoms with E-state index < -0.39 is 0 Å². The summed E-state index contributed by atoms with van der Waals surface area (Å²) in [7, 11) is 0. The number of aromatic nitrogens is 5. The number of rotatable bonds is 6. The molecule has 3 aromatic heterocycles. The van der Waals surface area contributed by atoms with Crippen LogP contribution < -0.4 is 0 Å². The van der Waals surface area contributed by atoms with Crippen LogP contribution in [0.5, 0.6) is 0 Å². The molecule has 11 aromatic carbocycles. The van der Waals surface area contributed by atoms with Gasteiger partial charge in [-0.3, -0.25) is 4.57 Å². The van der Waals surface area contributed by atoms with Crippen LogP contribution in [0.2, 0.25) is 0 Å². The van der Waals surface area contributed by atoms with Crippen molar-refractivity contribution < 1.29 is 0 Å². The fraction of sp³-hybridized carbons (Fsp3) is 0. The van der Waals surface area contributed by atoms with Crippen molar-refractivity contribution in [1.29, 1.82) is 0 Å². The summed E-state index contributed by atoms with van der Waals surface area (Å²) in [6.07, 6.45) is 0. The molecule has 316 valence electrons. The standard InChI is InChI=1S/C63H39N5/c1-3-15-40(16-4-1)41-27-29-44(30-28-41)62-64-61(43-17-5-2-6-18-43)65-63(66-62)68-58-26-14-12-24-53(58)56-38-55-52-23-11-13-25-57(52)67(59(55)39-60(56)68)46-34-31-42(32-35-46)45-33-36-51-49-21-8-7-19-47(49)48-20-9-10-22-50(48)54(51)37-45/h1-39H. The molecule has 3 heterocycles. The predicted molar refractivity (Wildman–Crippen MR) is 283 cm³/mol. The first-order valence-corrected chi connectivity index (χ1v) is 23.1. The summed E-state index contributed by atoms with van der Waals surface area (Å²) in [5.74, 6) is 1.80. The maximum absolute atomic E-state index is 5.30. The molecule has 0 aliphatic heterocycles. The number of nitrogens with zero attached hydrogens (tertiary/aromatic N) is 5. The van der Waals surface area contributed by atoms with Gasteiger partial charge in [-0.25, -0.2) is 4.98 Å². The smallest absolute Gasteiger partial charge is 0.238 e. The summed E-state index contributed by atoms with van der Waals surface area (Å²) >= 11 is 0. The van der Waals surface area contributed by atoms with Gasteiger partial charge in [-0.1, -0.05) is 194 Å². The van der Waals surface area contributed by atoms with Gasteiger partial charge in [-0.2, -0.15) is 9.97 Å². The predicted octanol–water partition coefficient (Wildman–Crippen LogP) is 16.2. The molecule has 0 saturated heterocycles. The van der Waals surface area contributed by atoms with E-state index in [4.69, 9.17) is 15.0 Å². The topological polar surface area (TPSA) is 48.5 Å². The largest absolute Gasteiger partial charge is 0.309 e. The first kappa shape index (κ1) is 38.1. The third kappa shape index (κ3) is 5.99. The van der Waals surface area contributed by atoms with Crippen LogP contribution in [-0.2, 0) is 0 Å². The zero-order valence-corrected chi connectivity index (χ0v) is 36.8. The Hall–Kier alpha value is -9.19. The summed E-state index contributed by atoms with van der Waals surface area (Å²) < 4.78 is 4.62. The van der Waals surface area contributed by atoms with E-state index in [-0.39, 0.29) is 0 Å². The van der Waals surface area contributed by atoms with Crippen molar-refractivity contribution in [1.82, 2.24) is 24.1 Å². The molecule has 0 bridgehead atoms. The quantitative estimate of drug-likeness (QED) is 0.156. The molecule has 5 nitrogen and oxygen atoms in total. The fourth-order valence-corrected chi connectivity index (χ4v) is 10.6. The van der Waals surface area contributed by atoms with Crippen LogP contribution in [0.25, 0.3) is 133 Å². The summed E-state index contributed by atoms with van der Waals surface area (Å²) in [4.78, 5) is 15.7. The van der Waals surface area contributed by atoms with Crippen molar-refractivity contribution in [3.05, 3.63) is 237 Å². The monoisotopic (exact) mass is 865 g/mol. The first-order chi connectivity index (χ1) is 33.7. The molecule has 0 N–H and O–H groups in total. The Morgan fingerprint density at radius 1 is 0.221 bits per heavy atom. The van der Waals surface area contributed by atoms with E-state index in [1.54, 1.807) is 0 Å². The van der Waals surface area contributed by atoms with Crippen LogP contribution in [0.4, 0.5) is 0 Å². The lowest BCUT2D eigenvalue weighted by Gasteiger charge is -2.13. The number of fused-ring (bicyclic) bond motifs is 12. The van der Waals surface area contributed by atoms with E-state index in [1.807, 2.05) is 24.3 Å². The van der Waals surface area contributed by atoms with Gasteiger partial charge in [0.2, 0.25) is 5.95 Å². The Bertz CT molecular complexity index is 4250. The zero-order valence-electron chi connectivity index (χ0n) is 36.8. The SMILES string of the molecule is c1ccc(-c2ccc(-c3nc(-c4ccccc4)nc(-n4c5ccccc5c5cc6c7ccccc7n(-c7ccc(-c8ccc9c%10ccccc%10c%10ccccc%10c9c8)cc7)c6cc54)n3)cc2)cc1. The van der Waals surface area contributed by atoms with Crippen LogP contribution in [0, 0.1) is 0 Å². The maximum atomic E-state index is 5.30. The second kappa shape index (κ2) is 15.2. The van der Waals surface area contributed by atoms with E-state index in [2.05, 4.69) is 221 Å². The highest BCUT2D eigenvalue weighted by atomic mass is 15.2. The van der Waals surface area contributed by atoms with Gasteiger partial charge in [0.15, 0.2) is 11.6 Å². The lowest BCUT2D eigenvalue weighted by Crippen LogP contribution is -2.06. The number of benzene rings is 11. The van der Waals surface area contributed by atoms with Gasteiger partial charge in [0.1, 0.15) is 0 Å². The van der Waals surface area contributed by atoms with Crippen LogP contribution in [0.15, 0.2) is 237 Å². The molecule has 5 heteroatoms. The third-order valence-corrected chi connectivity index (χ3v) is 13.8. The molecule has 14 rings (SSSR count). The Morgan fingerprint density at radius 2 is 0.618 bits per heavy atom. The molecular weight excluding hydrogens is 827 g/mol. The molecule has 0 aliphatic rings. The summed E-state index contributed by atoms with van der Waals surface area (Å²) in [5, 5.41) is 12.3. The molecule has 0 saturated carbocycles. The summed E-state index contributed by atoms with van der Waals surface area (Å²) in [6, 6.07) is 84.7. The first-order valence-electron chi connectivity index (χ1n) is 23.1. The van der Waals surface area contributed by atoms with Gasteiger partial charge < -0.3 is 4.57 Å². The van der Waals surface area contributed by atoms with Gasteiger partial charge >= 0.3 is 0 Å². The highest BCUT2D eigenvalue weighted by molar-refractivity contribution is 6.26. The van der Waals surface area contributed by atoms with Gasteiger partial charge in [-0.05, 0) is 97.0 Å². The van der Waals surface area contributed by atoms with Crippen LogP contribution in [0.1, 0.15) is 0 Å². The molecule has 68 heavy (non-hydrogen) atoms. The Kier molecular flexibility index (Phi) is 8.52. The Balaban J connectivity index is 0.945. The van der Waals surface area contributed by atoms with Crippen LogP contribution >= 0.6 is 0 Å². The minimum absolute atomic E-state index is 0.565. The average molecular weight is 866 g/mol. The minimum atomic E-state index is 0.565. The third-order valence-electron chi connectivity index (χ3n) is 13.8. The van der Waals surface area contributed by atoms with Gasteiger partial charge in [0.25, 0.3) is 0 Å². The number of para-hydroxylation sites is 2. The normalized spacial score (nSPS) is 11.8. The molecular formula is C63H39N5. The molecule has 0 amide bonds. The van der Waals surface area contributed by atoms with Crippen molar-refractivity contribution in [2.45, 2.75) is 0 Å². The molecule has 0 radical (unpaired) electrons. The Morgan fingerprint density at radius 3 is 1.22 bits per heavy atom. The van der Waals surface area contributed by atoms with E-state index in [1.165, 1.54) is 54.2 Å². The van der Waals surface area contributed by atoms with Gasteiger partial charge in [-0.15, -0.1) is 0 Å². The molecule has 0 spiro atoms. The highest BCUT2D eigenvalue weighted by Crippen LogP contribution is 2.41. The van der Waals surface area contributed by atoms with Crippen molar-refractivity contribution in [3.8, 4) is 56.7 Å². The van der Waals surface area contributed by atoms with E-state index in [9.17, 15) is 0 Å². The van der Waals surface area contributed by atoms with Crippen LogP contribution in [-0.4, -0.2) is 24.1 Å². The maximum Gasteiger partial charge on any atom is 0.238 e. The van der Waals surface area contributed by atoms with E-state index >= 15 is 0 Å². The highest BCUT2D eigenvalue weighted by Gasteiger charge is 2.21. The molecule has 0 aliphatic carbocycles. The average Bonchev–Trinajstić information content (AvgIpc) is 3.92. The molecule has 0 atom stereocenters. The summed E-state index contributed by atoms with van der Waals surface area (Å²) in [6.45, 7) is 0. The minimum Gasteiger partial charge on any atom is -0.309 e. The zero-order chi connectivity index (χ0) is 44.7. The van der Waals surface area contributed by atoms with Gasteiger partial charge in [0.05, 0.1) is 22.1 Å². The van der Waals surface area contributed by atoms with Crippen molar-refractivity contribution >= 4 is 75.9 Å². The molecule has 0 fully saturated rings. The molecule has 14 aromatic rings. The van der Waals surface area contributed by atoms with Crippen molar-refractivity contribution in [2.24, 2.45) is 0 Å². The van der Waals surface area contributed by atoms with Gasteiger partial charge in [0, 0.05) is 38.4 Å². The molecule has 0 unspecified atom stereocenters. The summed E-state index contributed by atoms with van der Waals surface area (Å²) in [5.41, 5.74) is 11.9. The van der Waals surface area contributed by atoms with Crippen molar-refractivity contribution in [3.63, 3.8) is 0 Å². The fourth-order valence-electron chi connectivity index (χ4n) is 10.6. The lowest BCUT2D eigenvalue weighted by molar-refractivity contribution is 0.953. The number of hydrogen-bond acceptors (Lipinski definition) is 3. The van der Waals surface area contributed by atoms with E-state index in [0.717, 1.165) is 60.8 Å². The lowest BCUT2D eigenvalue weighted by atomic mass is 9.92. The van der Waals surface area contributed by atoms with Crippen molar-refractivity contribution in [2.75, 3.05) is 0 Å². The second-order valence-electron chi connectivity index (χ2n) is 17.6. The van der Waals surface area contributed by atoms with E-state index in [0.29, 0.717) is 17.6 Å². The number of hydrogen-bond donors (Lipinski definition) is 0.